The molecule has 0 saturated carbocycles. The van der Waals surface area contributed by atoms with Gasteiger partial charge in [0.15, 0.2) is 6.10 Å². The normalized spacial score (nSPS) is 14.5. The Bertz CT molecular complexity index is 856. The lowest BCUT2D eigenvalue weighted by Gasteiger charge is -2.31. The average Bonchev–Trinajstić information content (AvgIpc) is 2.86. The van der Waals surface area contributed by atoms with Gasteiger partial charge in [-0.2, -0.15) is 0 Å². The highest BCUT2D eigenvalue weighted by molar-refractivity contribution is 5.70. The van der Waals surface area contributed by atoms with E-state index in [0.29, 0.717) is 13.2 Å². The van der Waals surface area contributed by atoms with Crippen molar-refractivity contribution in [1.29, 1.82) is 0 Å². The zero-order valence-corrected chi connectivity index (χ0v) is 20.9. The van der Waals surface area contributed by atoms with Crippen molar-refractivity contribution in [3.63, 3.8) is 0 Å². The molecule has 0 radical (unpaired) electrons. The van der Waals surface area contributed by atoms with Gasteiger partial charge >= 0.3 is 11.9 Å². The largest absolute Gasteiger partial charge is 0.494 e. The summed E-state index contributed by atoms with van der Waals surface area (Å²) in [6, 6.07) is 8.23. The second kappa shape index (κ2) is 13.8. The van der Waals surface area contributed by atoms with Crippen LogP contribution in [-0.4, -0.2) is 44.4 Å². The molecule has 0 aliphatic heterocycles. The lowest BCUT2D eigenvalue weighted by Crippen LogP contribution is -2.29. The fourth-order valence-corrected chi connectivity index (χ4v) is 3.56. The maximum absolute atomic E-state index is 11.7. The van der Waals surface area contributed by atoms with Crippen LogP contribution in [0, 0.1) is 0 Å². The highest BCUT2D eigenvalue weighted by atomic mass is 16.6. The van der Waals surface area contributed by atoms with Crippen LogP contribution in [0.5, 0.6) is 5.75 Å². The molecule has 1 unspecified atom stereocenters. The van der Waals surface area contributed by atoms with Crippen LogP contribution in [0.4, 0.5) is 0 Å². The van der Waals surface area contributed by atoms with Crippen LogP contribution in [0.1, 0.15) is 65.4 Å². The number of hydrogen-bond donors (Lipinski definition) is 1. The standard InChI is InChI=1S/C27H39NO6/c1-5-25(29)33-19-24(34-26(30)6-2)18-32-23-14-10-21(11-15-23)27(3,4)20-8-12-22(13-9-20)31-17-7-16-28/h8-10,12-14,24H,5-7,11,15-19,28H2,1-4H3. The van der Waals surface area contributed by atoms with E-state index in [0.717, 1.165) is 30.8 Å². The lowest BCUT2D eigenvalue weighted by molar-refractivity contribution is -0.161. The molecule has 0 spiro atoms. The molecule has 7 nitrogen and oxygen atoms in total. The number of esters is 2. The Balaban J connectivity index is 1.98. The van der Waals surface area contributed by atoms with E-state index in [4.69, 9.17) is 24.7 Å². The zero-order chi connectivity index (χ0) is 25.0. The summed E-state index contributed by atoms with van der Waals surface area (Å²) < 4.78 is 22.1. The van der Waals surface area contributed by atoms with Crippen molar-refractivity contribution in [2.24, 2.45) is 5.73 Å². The van der Waals surface area contributed by atoms with Gasteiger partial charge in [0.05, 0.1) is 12.4 Å². The van der Waals surface area contributed by atoms with Gasteiger partial charge in [-0.3, -0.25) is 9.59 Å². The van der Waals surface area contributed by atoms with Crippen LogP contribution in [-0.2, 0) is 29.2 Å². The predicted molar refractivity (Wildman–Crippen MR) is 131 cm³/mol. The smallest absolute Gasteiger partial charge is 0.306 e. The van der Waals surface area contributed by atoms with E-state index in [1.165, 1.54) is 11.1 Å². The Morgan fingerprint density at radius 2 is 1.68 bits per heavy atom. The number of ether oxygens (including phenoxy) is 4. The minimum atomic E-state index is -0.628. The van der Waals surface area contributed by atoms with Crippen LogP contribution >= 0.6 is 0 Å². The second-order valence-electron chi connectivity index (χ2n) is 8.78. The van der Waals surface area contributed by atoms with Crippen LogP contribution in [0.25, 0.3) is 0 Å². The first-order valence-corrected chi connectivity index (χ1v) is 12.1. The average molecular weight is 474 g/mol. The Hall–Kier alpha value is -2.80. The molecule has 0 heterocycles. The predicted octanol–water partition coefficient (Wildman–Crippen LogP) is 4.59. The molecule has 1 aliphatic carbocycles. The summed E-state index contributed by atoms with van der Waals surface area (Å²) >= 11 is 0. The molecule has 2 N–H and O–H groups in total. The van der Waals surface area contributed by atoms with Gasteiger partial charge in [0.1, 0.15) is 19.0 Å². The van der Waals surface area contributed by atoms with E-state index in [-0.39, 0.29) is 43.4 Å². The summed E-state index contributed by atoms with van der Waals surface area (Å²) in [5.74, 6) is 0.990. The van der Waals surface area contributed by atoms with Crippen molar-refractivity contribution in [1.82, 2.24) is 0 Å². The molecule has 188 valence electrons. The maximum Gasteiger partial charge on any atom is 0.306 e. The van der Waals surface area contributed by atoms with E-state index < -0.39 is 6.10 Å². The van der Waals surface area contributed by atoms with E-state index in [1.807, 2.05) is 18.2 Å². The van der Waals surface area contributed by atoms with Gasteiger partial charge in [-0.15, -0.1) is 0 Å². The molecule has 0 bridgehead atoms. The number of carbonyl (C=O) groups is 2. The summed E-state index contributed by atoms with van der Waals surface area (Å²) in [6.07, 6.45) is 6.42. The zero-order valence-electron chi connectivity index (χ0n) is 20.9. The quantitative estimate of drug-likeness (QED) is 0.312. The fourth-order valence-electron chi connectivity index (χ4n) is 3.56. The lowest BCUT2D eigenvalue weighted by atomic mass is 9.74. The molecule has 7 heteroatoms. The SMILES string of the molecule is CCC(=O)OCC(COC1=CC=C(C(C)(C)c2ccc(OCCCN)cc2)CC1)OC(=O)CC. The molecule has 0 fully saturated rings. The van der Waals surface area contributed by atoms with Gasteiger partial charge in [0.25, 0.3) is 0 Å². The number of hydrogen-bond acceptors (Lipinski definition) is 7. The number of allylic oxidation sites excluding steroid dienone is 4. The first kappa shape index (κ1) is 27.4. The molecule has 1 aromatic rings. The van der Waals surface area contributed by atoms with Crippen LogP contribution < -0.4 is 10.5 Å². The number of benzene rings is 1. The Labute approximate surface area is 203 Å². The molecule has 1 atom stereocenters. The molecule has 0 aromatic heterocycles. The molecule has 0 saturated heterocycles. The first-order valence-electron chi connectivity index (χ1n) is 12.1. The molecule has 1 aromatic carbocycles. The van der Waals surface area contributed by atoms with Crippen LogP contribution in [0.2, 0.25) is 0 Å². The number of rotatable bonds is 14. The van der Waals surface area contributed by atoms with E-state index >= 15 is 0 Å². The third-order valence-corrected chi connectivity index (χ3v) is 5.87. The van der Waals surface area contributed by atoms with Crippen molar-refractivity contribution in [2.75, 3.05) is 26.4 Å². The van der Waals surface area contributed by atoms with Crippen molar-refractivity contribution in [3.8, 4) is 5.75 Å². The van der Waals surface area contributed by atoms with Gasteiger partial charge in [0, 0.05) is 24.7 Å². The van der Waals surface area contributed by atoms with Crippen molar-refractivity contribution >= 4 is 11.9 Å². The summed E-state index contributed by atoms with van der Waals surface area (Å²) in [5.41, 5.74) is 7.91. The molecule has 2 rings (SSSR count). The van der Waals surface area contributed by atoms with Gasteiger partial charge in [-0.1, -0.05) is 51.5 Å². The molecular weight excluding hydrogens is 434 g/mol. The number of carbonyl (C=O) groups excluding carboxylic acids is 2. The second-order valence-corrected chi connectivity index (χ2v) is 8.78. The van der Waals surface area contributed by atoms with Crippen molar-refractivity contribution in [3.05, 3.63) is 53.3 Å². The highest BCUT2D eigenvalue weighted by Gasteiger charge is 2.27. The van der Waals surface area contributed by atoms with Gasteiger partial charge in [-0.05, 0) is 43.2 Å². The van der Waals surface area contributed by atoms with E-state index in [9.17, 15) is 9.59 Å². The number of nitrogens with two attached hydrogens (primary N) is 1. The Morgan fingerprint density at radius 1 is 0.971 bits per heavy atom. The van der Waals surface area contributed by atoms with Gasteiger partial charge < -0.3 is 24.7 Å². The molecule has 0 amide bonds. The van der Waals surface area contributed by atoms with Crippen molar-refractivity contribution < 1.29 is 28.5 Å². The third kappa shape index (κ3) is 8.52. The van der Waals surface area contributed by atoms with E-state index in [2.05, 4.69) is 32.1 Å². The van der Waals surface area contributed by atoms with Gasteiger partial charge in [-0.25, -0.2) is 0 Å². The molecular formula is C27H39NO6. The first-order chi connectivity index (χ1) is 16.3. The molecule has 1 aliphatic rings. The minimum Gasteiger partial charge on any atom is -0.494 e. The molecule has 34 heavy (non-hydrogen) atoms. The topological polar surface area (TPSA) is 97.1 Å². The summed E-state index contributed by atoms with van der Waals surface area (Å²) in [5, 5.41) is 0. The van der Waals surface area contributed by atoms with Crippen molar-refractivity contribution in [2.45, 2.75) is 71.3 Å². The van der Waals surface area contributed by atoms with Crippen LogP contribution in [0.15, 0.2) is 47.7 Å². The monoisotopic (exact) mass is 473 g/mol. The highest BCUT2D eigenvalue weighted by Crippen LogP contribution is 2.37. The minimum absolute atomic E-state index is 0.00819. The summed E-state index contributed by atoms with van der Waals surface area (Å²) in [6.45, 7) is 9.25. The Kier molecular flexibility index (Phi) is 11.1. The Morgan fingerprint density at radius 3 is 2.26 bits per heavy atom. The fraction of sp³-hybridized carbons (Fsp3) is 0.556. The summed E-state index contributed by atoms with van der Waals surface area (Å²) in [4.78, 5) is 23.2. The van der Waals surface area contributed by atoms with Crippen LogP contribution in [0.3, 0.4) is 0 Å². The summed E-state index contributed by atoms with van der Waals surface area (Å²) in [7, 11) is 0. The third-order valence-electron chi connectivity index (χ3n) is 5.87. The maximum atomic E-state index is 11.7. The van der Waals surface area contributed by atoms with E-state index in [1.54, 1.807) is 13.8 Å². The van der Waals surface area contributed by atoms with Gasteiger partial charge in [0.2, 0.25) is 0 Å².